The molecule has 0 aromatic rings. The molecule has 2 rings (SSSR count). The van der Waals surface area contributed by atoms with E-state index in [2.05, 4.69) is 27.7 Å². The van der Waals surface area contributed by atoms with Crippen molar-refractivity contribution in [2.75, 3.05) is 4.43 Å². The summed E-state index contributed by atoms with van der Waals surface area (Å²) in [4.78, 5) is 0. The molecule has 0 aliphatic carbocycles. The average Bonchev–Trinajstić information content (AvgIpc) is 2.47. The first kappa shape index (κ1) is 8.21. The van der Waals surface area contributed by atoms with Crippen molar-refractivity contribution in [1.29, 1.82) is 0 Å². The third-order valence-electron chi connectivity index (χ3n) is 3.60. The summed E-state index contributed by atoms with van der Waals surface area (Å²) in [7, 11) is 0. The minimum atomic E-state index is -1.25. The predicted molar refractivity (Wildman–Crippen MR) is 62.3 cm³/mol. The summed E-state index contributed by atoms with van der Waals surface area (Å²) in [6, 6.07) is 0. The van der Waals surface area contributed by atoms with Crippen LogP contribution in [-0.2, 0) is 0 Å². The third kappa shape index (κ3) is 0.785. The van der Waals surface area contributed by atoms with Crippen LogP contribution in [0.25, 0.3) is 0 Å². The normalized spacial score (nSPS) is 59.8. The van der Waals surface area contributed by atoms with Crippen LogP contribution >= 0.6 is 18.0 Å². The summed E-state index contributed by atoms with van der Waals surface area (Å²) in [5, 5.41) is 0. The SMILES string of the molecule is CC(C)=I12CC1(C)CCC2C. The van der Waals surface area contributed by atoms with Crippen LogP contribution in [0.5, 0.6) is 0 Å². The molecule has 1 heteroatoms. The van der Waals surface area contributed by atoms with Gasteiger partial charge in [0, 0.05) is 0 Å². The molecule has 3 atom stereocenters. The van der Waals surface area contributed by atoms with E-state index < -0.39 is 18.0 Å². The third-order valence-corrected chi connectivity index (χ3v) is 19.2. The van der Waals surface area contributed by atoms with Crippen molar-refractivity contribution >= 4 is 21.5 Å². The Morgan fingerprint density at radius 2 is 2.09 bits per heavy atom. The van der Waals surface area contributed by atoms with Gasteiger partial charge in [0.1, 0.15) is 0 Å². The molecule has 11 heavy (non-hydrogen) atoms. The summed E-state index contributed by atoms with van der Waals surface area (Å²) >= 11 is -1.25. The van der Waals surface area contributed by atoms with Crippen LogP contribution in [0.2, 0.25) is 0 Å². The number of hydrogen-bond acceptors (Lipinski definition) is 0. The van der Waals surface area contributed by atoms with Crippen LogP contribution < -0.4 is 0 Å². The number of hydrogen-bond donors (Lipinski definition) is 0. The Morgan fingerprint density at radius 1 is 1.45 bits per heavy atom. The van der Waals surface area contributed by atoms with E-state index in [4.69, 9.17) is 0 Å². The van der Waals surface area contributed by atoms with Crippen LogP contribution in [0, 0.1) is 0 Å². The van der Waals surface area contributed by atoms with Crippen LogP contribution in [0.15, 0.2) is 0 Å². The van der Waals surface area contributed by atoms with Crippen molar-refractivity contribution in [3.8, 4) is 0 Å². The number of rotatable bonds is 0. The zero-order valence-electron chi connectivity index (χ0n) is 8.08. The van der Waals surface area contributed by atoms with E-state index in [0.717, 1.165) is 7.35 Å². The van der Waals surface area contributed by atoms with Gasteiger partial charge in [-0.1, -0.05) is 0 Å². The summed E-state index contributed by atoms with van der Waals surface area (Å²) in [6.07, 6.45) is 3.09. The van der Waals surface area contributed by atoms with Crippen molar-refractivity contribution in [2.24, 2.45) is 0 Å². The van der Waals surface area contributed by atoms with Gasteiger partial charge in [-0.25, -0.2) is 0 Å². The van der Waals surface area contributed by atoms with E-state index in [1.54, 1.807) is 17.3 Å². The summed E-state index contributed by atoms with van der Waals surface area (Å²) in [6.45, 7) is 9.88. The van der Waals surface area contributed by atoms with Gasteiger partial charge in [-0.05, 0) is 0 Å². The molecule has 0 nitrogen and oxygen atoms in total. The average molecular weight is 266 g/mol. The molecule has 2 aliphatic heterocycles. The Bertz CT molecular complexity index is 248. The van der Waals surface area contributed by atoms with E-state index in [1.165, 1.54) is 0 Å². The zero-order valence-corrected chi connectivity index (χ0v) is 10.2. The van der Waals surface area contributed by atoms with Gasteiger partial charge in [0.2, 0.25) is 0 Å². The molecule has 0 aromatic carbocycles. The van der Waals surface area contributed by atoms with Crippen LogP contribution in [0.3, 0.4) is 0 Å². The van der Waals surface area contributed by atoms with Crippen LogP contribution in [0.1, 0.15) is 40.5 Å². The maximum atomic E-state index is 2.56. The first-order chi connectivity index (χ1) is 5.03. The molecule has 0 radical (unpaired) electrons. The van der Waals surface area contributed by atoms with Gasteiger partial charge in [0.15, 0.2) is 0 Å². The molecule has 66 valence electrons. The molecule has 0 spiro atoms. The van der Waals surface area contributed by atoms with Crippen molar-refractivity contribution in [2.45, 2.75) is 47.9 Å². The fraction of sp³-hybridized carbons (Fsp3) is 0.900. The molecule has 0 bridgehead atoms. The molecule has 2 aliphatic rings. The molecule has 3 unspecified atom stereocenters. The second-order valence-electron chi connectivity index (χ2n) is 4.48. The van der Waals surface area contributed by atoms with Gasteiger partial charge < -0.3 is 0 Å². The van der Waals surface area contributed by atoms with Crippen molar-refractivity contribution in [3.63, 3.8) is 0 Å². The Hall–Kier alpha value is 0.600. The first-order valence-corrected chi connectivity index (χ1v) is 9.48. The van der Waals surface area contributed by atoms with Gasteiger partial charge in [-0.15, -0.1) is 0 Å². The first-order valence-electron chi connectivity index (χ1n) is 4.56. The Labute approximate surface area is 73.8 Å². The monoisotopic (exact) mass is 266 g/mol. The Morgan fingerprint density at radius 3 is 2.27 bits per heavy atom. The molecule has 0 N–H and O–H groups in total. The predicted octanol–water partition coefficient (Wildman–Crippen LogP) is 3.20. The fourth-order valence-corrected chi connectivity index (χ4v) is 19.2. The second-order valence-corrected chi connectivity index (χ2v) is 16.3. The standard InChI is InChI=1S/C10H19I/c1-8(2)11-7-10(11,4)6-5-9(11)3/h9H,5-7H2,1-4H3. The van der Waals surface area contributed by atoms with Crippen LogP contribution in [0.4, 0.5) is 0 Å². The summed E-state index contributed by atoms with van der Waals surface area (Å²) in [5.41, 5.74) is 0. The molecule has 2 fully saturated rings. The number of halogens is 1. The fourth-order valence-electron chi connectivity index (χ4n) is 2.88. The molecule has 0 saturated carbocycles. The number of fused-ring (bicyclic) bond motifs is 1. The van der Waals surface area contributed by atoms with E-state index in [1.807, 2.05) is 3.51 Å². The molecule has 2 heterocycles. The summed E-state index contributed by atoms with van der Waals surface area (Å²) in [5.74, 6) is 0. The Kier molecular flexibility index (Phi) is 1.56. The van der Waals surface area contributed by atoms with Crippen LogP contribution in [-0.4, -0.2) is 15.3 Å². The quantitative estimate of drug-likeness (QED) is 0.466. The molecular weight excluding hydrogens is 247 g/mol. The van der Waals surface area contributed by atoms with Gasteiger partial charge in [-0.3, -0.25) is 0 Å². The molecule has 2 saturated heterocycles. The maximum absolute atomic E-state index is 2.56. The van der Waals surface area contributed by atoms with Gasteiger partial charge >= 0.3 is 73.8 Å². The van der Waals surface area contributed by atoms with Crippen molar-refractivity contribution < 1.29 is 0 Å². The van der Waals surface area contributed by atoms with E-state index >= 15 is 0 Å². The minimum absolute atomic E-state index is 0.894. The zero-order chi connectivity index (χ0) is 8.28. The number of alkyl halides is 3. The van der Waals surface area contributed by atoms with E-state index in [-0.39, 0.29) is 0 Å². The van der Waals surface area contributed by atoms with Crippen molar-refractivity contribution in [3.05, 3.63) is 0 Å². The molecule has 0 amide bonds. The summed E-state index contributed by atoms with van der Waals surface area (Å²) < 4.78 is 5.55. The van der Waals surface area contributed by atoms with Gasteiger partial charge in [0.25, 0.3) is 0 Å². The van der Waals surface area contributed by atoms with E-state index in [9.17, 15) is 0 Å². The second kappa shape index (κ2) is 2.09. The van der Waals surface area contributed by atoms with Crippen molar-refractivity contribution in [1.82, 2.24) is 0 Å². The van der Waals surface area contributed by atoms with E-state index in [0.29, 0.717) is 0 Å². The van der Waals surface area contributed by atoms with Gasteiger partial charge in [0.05, 0.1) is 0 Å². The Balaban J connectivity index is 2.50. The topological polar surface area (TPSA) is 0 Å². The molecule has 0 aromatic heterocycles. The molecular formula is C10H19I. The van der Waals surface area contributed by atoms with Gasteiger partial charge in [-0.2, -0.15) is 0 Å².